The Kier molecular flexibility index (Phi) is 2.96. The van der Waals surface area contributed by atoms with Crippen molar-refractivity contribution < 1.29 is 17.6 Å². The number of halogens is 3. The van der Waals surface area contributed by atoms with Crippen molar-refractivity contribution >= 4 is 0 Å². The molecule has 2 rings (SSSR count). The zero-order valence-corrected chi connectivity index (χ0v) is 9.21. The maximum absolute atomic E-state index is 12.8. The van der Waals surface area contributed by atoms with Crippen molar-refractivity contribution in [3.05, 3.63) is 47.7 Å². The molecule has 1 nitrogen and oxygen atoms in total. The minimum Gasteiger partial charge on any atom is -0.461 e. The van der Waals surface area contributed by atoms with E-state index in [1.807, 2.05) is 6.92 Å². The van der Waals surface area contributed by atoms with Crippen molar-refractivity contribution in [1.29, 1.82) is 0 Å². The van der Waals surface area contributed by atoms with Gasteiger partial charge in [0, 0.05) is 12.0 Å². The van der Waals surface area contributed by atoms with Gasteiger partial charge in [-0.1, -0.05) is 25.1 Å². The number of hydrogen-bond acceptors (Lipinski definition) is 1. The summed E-state index contributed by atoms with van der Waals surface area (Å²) in [5, 5.41) is 0. The van der Waals surface area contributed by atoms with Crippen molar-refractivity contribution in [3.63, 3.8) is 0 Å². The van der Waals surface area contributed by atoms with E-state index in [1.54, 1.807) is 18.2 Å². The van der Waals surface area contributed by atoms with E-state index in [0.29, 0.717) is 12.2 Å². The summed E-state index contributed by atoms with van der Waals surface area (Å²) in [6.07, 6.45) is -3.70. The van der Waals surface area contributed by atoms with Gasteiger partial charge in [-0.2, -0.15) is 13.2 Å². The predicted octanol–water partition coefficient (Wildman–Crippen LogP) is 4.53. The van der Waals surface area contributed by atoms with Crippen LogP contribution < -0.4 is 0 Å². The third-order valence-electron chi connectivity index (χ3n) is 2.51. The van der Waals surface area contributed by atoms with E-state index in [0.717, 1.165) is 6.07 Å². The SMILES string of the molecule is CCc1ccc(-c2ccccc2C(F)(F)F)o1. The summed E-state index contributed by atoms with van der Waals surface area (Å²) in [7, 11) is 0. The summed E-state index contributed by atoms with van der Waals surface area (Å²) in [5.41, 5.74) is -0.586. The van der Waals surface area contributed by atoms with Gasteiger partial charge in [0.05, 0.1) is 5.56 Å². The second-order valence-corrected chi connectivity index (χ2v) is 3.66. The van der Waals surface area contributed by atoms with Crippen LogP contribution in [0.3, 0.4) is 0 Å². The zero-order chi connectivity index (χ0) is 12.5. The molecule has 1 aromatic carbocycles. The molecule has 0 unspecified atom stereocenters. The highest BCUT2D eigenvalue weighted by molar-refractivity contribution is 5.63. The standard InChI is InChI=1S/C13H11F3O/c1-2-9-7-8-12(17-9)10-5-3-4-6-11(10)13(14,15)16/h3-8H,2H2,1H3. The summed E-state index contributed by atoms with van der Waals surface area (Å²) in [6.45, 7) is 1.89. The van der Waals surface area contributed by atoms with Crippen LogP contribution in [-0.4, -0.2) is 0 Å². The number of furan rings is 1. The number of alkyl halides is 3. The summed E-state index contributed by atoms with van der Waals surface area (Å²) < 4.78 is 43.7. The van der Waals surface area contributed by atoms with E-state index in [9.17, 15) is 13.2 Å². The first-order valence-corrected chi connectivity index (χ1v) is 5.27. The largest absolute Gasteiger partial charge is 0.461 e. The molecule has 0 atom stereocenters. The molecule has 17 heavy (non-hydrogen) atoms. The summed E-state index contributed by atoms with van der Waals surface area (Å²) in [5.74, 6) is 0.937. The summed E-state index contributed by atoms with van der Waals surface area (Å²) >= 11 is 0. The van der Waals surface area contributed by atoms with Gasteiger partial charge in [0.1, 0.15) is 11.5 Å². The second-order valence-electron chi connectivity index (χ2n) is 3.66. The van der Waals surface area contributed by atoms with Gasteiger partial charge in [0.15, 0.2) is 0 Å². The van der Waals surface area contributed by atoms with E-state index < -0.39 is 11.7 Å². The molecule has 0 aliphatic rings. The first-order valence-electron chi connectivity index (χ1n) is 5.27. The van der Waals surface area contributed by atoms with Crippen LogP contribution in [0.4, 0.5) is 13.2 Å². The average molecular weight is 240 g/mol. The number of aryl methyl sites for hydroxylation is 1. The molecule has 0 amide bonds. The number of hydrogen-bond donors (Lipinski definition) is 0. The Morgan fingerprint density at radius 1 is 1.06 bits per heavy atom. The summed E-state index contributed by atoms with van der Waals surface area (Å²) in [6, 6.07) is 8.69. The van der Waals surface area contributed by atoms with Crippen molar-refractivity contribution in [2.75, 3.05) is 0 Å². The molecular weight excluding hydrogens is 229 g/mol. The predicted molar refractivity (Wildman–Crippen MR) is 58.5 cm³/mol. The molecule has 90 valence electrons. The molecule has 1 aromatic heterocycles. The number of rotatable bonds is 2. The van der Waals surface area contributed by atoms with Gasteiger partial charge in [-0.05, 0) is 18.2 Å². The lowest BCUT2D eigenvalue weighted by Gasteiger charge is -2.10. The summed E-state index contributed by atoms with van der Waals surface area (Å²) in [4.78, 5) is 0. The van der Waals surface area contributed by atoms with Gasteiger partial charge < -0.3 is 4.42 Å². The molecule has 0 saturated heterocycles. The molecule has 0 aliphatic carbocycles. The average Bonchev–Trinajstić information content (AvgIpc) is 2.76. The second kappa shape index (κ2) is 4.28. The van der Waals surface area contributed by atoms with E-state index in [-0.39, 0.29) is 11.3 Å². The van der Waals surface area contributed by atoms with Gasteiger partial charge >= 0.3 is 6.18 Å². The van der Waals surface area contributed by atoms with Crippen LogP contribution in [0, 0.1) is 0 Å². The Balaban J connectivity index is 2.52. The highest BCUT2D eigenvalue weighted by atomic mass is 19.4. The molecule has 0 saturated carbocycles. The fraction of sp³-hybridized carbons (Fsp3) is 0.231. The van der Waals surface area contributed by atoms with Crippen LogP contribution in [-0.2, 0) is 12.6 Å². The molecule has 4 heteroatoms. The van der Waals surface area contributed by atoms with E-state index >= 15 is 0 Å². The Bertz CT molecular complexity index is 511. The lowest BCUT2D eigenvalue weighted by molar-refractivity contribution is -0.137. The van der Waals surface area contributed by atoms with Crippen LogP contribution >= 0.6 is 0 Å². The minimum atomic E-state index is -4.37. The molecule has 0 bridgehead atoms. The first-order chi connectivity index (χ1) is 8.02. The normalized spacial score (nSPS) is 11.8. The molecule has 0 aliphatic heterocycles. The van der Waals surface area contributed by atoms with Gasteiger partial charge in [-0.25, -0.2) is 0 Å². The maximum atomic E-state index is 12.8. The Morgan fingerprint density at radius 3 is 2.35 bits per heavy atom. The van der Waals surface area contributed by atoms with Crippen LogP contribution in [0.5, 0.6) is 0 Å². The van der Waals surface area contributed by atoms with Crippen LogP contribution in [0.15, 0.2) is 40.8 Å². The van der Waals surface area contributed by atoms with E-state index in [1.165, 1.54) is 12.1 Å². The fourth-order valence-electron chi connectivity index (χ4n) is 1.66. The molecule has 0 radical (unpaired) electrons. The van der Waals surface area contributed by atoms with E-state index in [2.05, 4.69) is 0 Å². The third-order valence-corrected chi connectivity index (χ3v) is 2.51. The van der Waals surface area contributed by atoms with Crippen molar-refractivity contribution in [3.8, 4) is 11.3 Å². The van der Waals surface area contributed by atoms with Crippen LogP contribution in [0.1, 0.15) is 18.2 Å². The molecule has 2 aromatic rings. The van der Waals surface area contributed by atoms with Crippen molar-refractivity contribution in [2.24, 2.45) is 0 Å². The Morgan fingerprint density at radius 2 is 1.76 bits per heavy atom. The number of benzene rings is 1. The third kappa shape index (κ3) is 2.35. The fourth-order valence-corrected chi connectivity index (χ4v) is 1.66. The van der Waals surface area contributed by atoms with Crippen molar-refractivity contribution in [2.45, 2.75) is 19.5 Å². The highest BCUT2D eigenvalue weighted by Gasteiger charge is 2.33. The van der Waals surface area contributed by atoms with Crippen LogP contribution in [0.25, 0.3) is 11.3 Å². The lowest BCUT2D eigenvalue weighted by atomic mass is 10.1. The van der Waals surface area contributed by atoms with E-state index in [4.69, 9.17) is 4.42 Å². The van der Waals surface area contributed by atoms with Gasteiger partial charge in [-0.3, -0.25) is 0 Å². The smallest absolute Gasteiger partial charge is 0.417 e. The molecular formula is C13H11F3O. The molecule has 0 spiro atoms. The van der Waals surface area contributed by atoms with Gasteiger partial charge in [-0.15, -0.1) is 0 Å². The topological polar surface area (TPSA) is 13.1 Å². The van der Waals surface area contributed by atoms with Crippen LogP contribution in [0.2, 0.25) is 0 Å². The molecule has 0 N–H and O–H groups in total. The van der Waals surface area contributed by atoms with Gasteiger partial charge in [0.25, 0.3) is 0 Å². The highest BCUT2D eigenvalue weighted by Crippen LogP contribution is 2.37. The monoisotopic (exact) mass is 240 g/mol. The maximum Gasteiger partial charge on any atom is 0.417 e. The zero-order valence-electron chi connectivity index (χ0n) is 9.21. The molecule has 0 fully saturated rings. The van der Waals surface area contributed by atoms with Crippen molar-refractivity contribution in [1.82, 2.24) is 0 Å². The Labute approximate surface area is 96.9 Å². The molecule has 1 heterocycles. The lowest BCUT2D eigenvalue weighted by Crippen LogP contribution is -2.06. The Hall–Kier alpha value is -1.71. The van der Waals surface area contributed by atoms with Gasteiger partial charge in [0.2, 0.25) is 0 Å². The first kappa shape index (κ1) is 11.8. The minimum absolute atomic E-state index is 0.0831. The quantitative estimate of drug-likeness (QED) is 0.751.